The lowest BCUT2D eigenvalue weighted by molar-refractivity contribution is 0.630. The number of hydrogen-bond acceptors (Lipinski definition) is 2. The molecule has 2 heterocycles. The topological polar surface area (TPSA) is 17.8 Å². The summed E-state index contributed by atoms with van der Waals surface area (Å²) in [6.45, 7) is 0.794. The first-order chi connectivity index (χ1) is 8.81. The zero-order chi connectivity index (χ0) is 12.4. The van der Waals surface area contributed by atoms with E-state index in [1.807, 2.05) is 16.8 Å². The van der Waals surface area contributed by atoms with E-state index in [9.17, 15) is 4.39 Å². The molecule has 0 atom stereocenters. The van der Waals surface area contributed by atoms with Crippen LogP contribution in [0.4, 0.5) is 4.39 Å². The van der Waals surface area contributed by atoms with Gasteiger partial charge in [0.25, 0.3) is 0 Å². The summed E-state index contributed by atoms with van der Waals surface area (Å²) < 4.78 is 16.0. The summed E-state index contributed by atoms with van der Waals surface area (Å²) in [5.74, 6) is -0.182. The zero-order valence-electron chi connectivity index (χ0n) is 9.58. The van der Waals surface area contributed by atoms with Gasteiger partial charge in [-0.15, -0.1) is 11.3 Å². The lowest BCUT2D eigenvalue weighted by atomic mass is 10.2. The molecular formula is C14H11FN2S. The monoisotopic (exact) mass is 258 g/mol. The van der Waals surface area contributed by atoms with Crippen LogP contribution in [0.1, 0.15) is 4.88 Å². The van der Waals surface area contributed by atoms with Crippen LogP contribution in [0.5, 0.6) is 0 Å². The minimum Gasteiger partial charge on any atom is -0.334 e. The Balaban J connectivity index is 1.80. The second kappa shape index (κ2) is 4.74. The highest BCUT2D eigenvalue weighted by Crippen LogP contribution is 2.27. The van der Waals surface area contributed by atoms with E-state index in [0.717, 1.165) is 21.5 Å². The molecule has 90 valence electrons. The summed E-state index contributed by atoms with van der Waals surface area (Å²) in [4.78, 5) is 5.12. The first-order valence-electron chi connectivity index (χ1n) is 5.63. The van der Waals surface area contributed by atoms with Crippen molar-refractivity contribution < 1.29 is 4.39 Å². The maximum Gasteiger partial charge on any atom is 0.124 e. The molecule has 0 fully saturated rings. The molecule has 3 aromatic rings. The van der Waals surface area contributed by atoms with Crippen LogP contribution >= 0.6 is 11.3 Å². The molecule has 0 bridgehead atoms. The molecule has 0 amide bonds. The van der Waals surface area contributed by atoms with Crippen LogP contribution in [0.15, 0.2) is 49.1 Å². The molecule has 0 unspecified atom stereocenters. The average molecular weight is 258 g/mol. The molecule has 3 rings (SSSR count). The van der Waals surface area contributed by atoms with Gasteiger partial charge >= 0.3 is 0 Å². The number of halogens is 1. The Bertz CT molecular complexity index is 683. The summed E-state index contributed by atoms with van der Waals surface area (Å²) in [5.41, 5.74) is 0. The number of hydrogen-bond donors (Lipinski definition) is 0. The fraction of sp³-hybridized carbons (Fsp3) is 0.0714. The second-order valence-electron chi connectivity index (χ2n) is 3.99. The van der Waals surface area contributed by atoms with Gasteiger partial charge in [-0.1, -0.05) is 12.1 Å². The molecule has 0 aliphatic carbocycles. The van der Waals surface area contributed by atoms with E-state index in [-0.39, 0.29) is 5.82 Å². The van der Waals surface area contributed by atoms with Gasteiger partial charge in [0.15, 0.2) is 0 Å². The number of fused-ring (bicyclic) bond motifs is 1. The second-order valence-corrected chi connectivity index (χ2v) is 5.11. The van der Waals surface area contributed by atoms with Gasteiger partial charge in [0.1, 0.15) is 5.82 Å². The average Bonchev–Trinajstić information content (AvgIpc) is 2.97. The van der Waals surface area contributed by atoms with E-state index in [1.54, 1.807) is 29.9 Å². The zero-order valence-corrected chi connectivity index (χ0v) is 10.4. The van der Waals surface area contributed by atoms with Gasteiger partial charge in [0.05, 0.1) is 6.33 Å². The maximum absolute atomic E-state index is 13.1. The molecule has 4 heteroatoms. The first kappa shape index (κ1) is 11.2. The normalized spacial score (nSPS) is 11.6. The molecule has 0 saturated carbocycles. The van der Waals surface area contributed by atoms with Crippen LogP contribution in [-0.4, -0.2) is 9.55 Å². The molecule has 18 heavy (non-hydrogen) atoms. The van der Waals surface area contributed by atoms with E-state index in [1.165, 1.54) is 6.07 Å². The van der Waals surface area contributed by atoms with Crippen LogP contribution < -0.4 is 0 Å². The highest BCUT2D eigenvalue weighted by atomic mass is 32.1. The van der Waals surface area contributed by atoms with Crippen molar-refractivity contribution >= 4 is 27.5 Å². The van der Waals surface area contributed by atoms with Crippen LogP contribution in [0.2, 0.25) is 0 Å². The Morgan fingerprint density at radius 2 is 2.28 bits per heavy atom. The molecular weight excluding hydrogens is 247 g/mol. The molecule has 2 aromatic heterocycles. The van der Waals surface area contributed by atoms with Crippen molar-refractivity contribution in [2.75, 3.05) is 0 Å². The van der Waals surface area contributed by atoms with Crippen molar-refractivity contribution in [3.63, 3.8) is 0 Å². The molecule has 1 aromatic carbocycles. The van der Waals surface area contributed by atoms with E-state index < -0.39 is 0 Å². The van der Waals surface area contributed by atoms with Gasteiger partial charge in [0, 0.05) is 28.5 Å². The third kappa shape index (κ3) is 2.33. The highest BCUT2D eigenvalue weighted by molar-refractivity contribution is 7.19. The molecule has 0 saturated heterocycles. The Morgan fingerprint density at radius 3 is 3.11 bits per heavy atom. The van der Waals surface area contributed by atoms with Gasteiger partial charge in [-0.2, -0.15) is 0 Å². The summed E-state index contributed by atoms with van der Waals surface area (Å²) >= 11 is 1.60. The molecule has 0 aliphatic rings. The third-order valence-corrected chi connectivity index (χ3v) is 3.72. The maximum atomic E-state index is 13.1. The minimum atomic E-state index is -0.182. The van der Waals surface area contributed by atoms with Crippen molar-refractivity contribution in [3.05, 3.63) is 59.8 Å². The SMILES string of the molecule is Fc1ccc2cc(C=CCn3ccnc3)sc2c1. The number of aromatic nitrogens is 2. The Labute approximate surface area is 108 Å². The van der Waals surface area contributed by atoms with Crippen molar-refractivity contribution in [2.45, 2.75) is 6.54 Å². The number of thiophene rings is 1. The molecule has 2 nitrogen and oxygen atoms in total. The predicted molar refractivity (Wildman–Crippen MR) is 73.0 cm³/mol. The highest BCUT2D eigenvalue weighted by Gasteiger charge is 2.00. The van der Waals surface area contributed by atoms with Crippen LogP contribution in [0, 0.1) is 5.82 Å². The Kier molecular flexibility index (Phi) is 2.94. The number of allylic oxidation sites excluding steroid dienone is 1. The largest absolute Gasteiger partial charge is 0.334 e. The lowest BCUT2D eigenvalue weighted by Gasteiger charge is -1.92. The van der Waals surface area contributed by atoms with Crippen LogP contribution in [0.3, 0.4) is 0 Å². The first-order valence-corrected chi connectivity index (χ1v) is 6.44. The van der Waals surface area contributed by atoms with Gasteiger partial charge < -0.3 is 4.57 Å². The van der Waals surface area contributed by atoms with Crippen LogP contribution in [0.25, 0.3) is 16.2 Å². The van der Waals surface area contributed by atoms with Gasteiger partial charge in [-0.25, -0.2) is 9.37 Å². The number of benzene rings is 1. The minimum absolute atomic E-state index is 0.182. The molecule has 0 aliphatic heterocycles. The summed E-state index contributed by atoms with van der Waals surface area (Å²) in [6, 6.07) is 6.96. The quantitative estimate of drug-likeness (QED) is 0.695. The number of rotatable bonds is 3. The molecule has 0 N–H and O–H groups in total. The van der Waals surface area contributed by atoms with Crippen molar-refractivity contribution in [2.24, 2.45) is 0 Å². The van der Waals surface area contributed by atoms with Crippen molar-refractivity contribution in [1.82, 2.24) is 9.55 Å². The number of imidazole rings is 1. The third-order valence-electron chi connectivity index (χ3n) is 2.66. The molecule has 0 radical (unpaired) electrons. The van der Waals surface area contributed by atoms with E-state index in [4.69, 9.17) is 0 Å². The van der Waals surface area contributed by atoms with E-state index in [2.05, 4.69) is 23.2 Å². The van der Waals surface area contributed by atoms with Crippen LogP contribution in [-0.2, 0) is 6.54 Å². The van der Waals surface area contributed by atoms with E-state index in [0.29, 0.717) is 0 Å². The lowest BCUT2D eigenvalue weighted by Crippen LogP contribution is -1.88. The van der Waals surface area contributed by atoms with Gasteiger partial charge in [0.2, 0.25) is 0 Å². The van der Waals surface area contributed by atoms with Crippen molar-refractivity contribution in [3.8, 4) is 0 Å². The summed E-state index contributed by atoms with van der Waals surface area (Å²) in [7, 11) is 0. The Hall–Kier alpha value is -1.94. The smallest absolute Gasteiger partial charge is 0.124 e. The standard InChI is InChI=1S/C14H11FN2S/c15-12-4-3-11-8-13(18-14(11)9-12)2-1-6-17-7-5-16-10-17/h1-5,7-10H,6H2. The fourth-order valence-electron chi connectivity index (χ4n) is 1.79. The van der Waals surface area contributed by atoms with Crippen molar-refractivity contribution in [1.29, 1.82) is 0 Å². The summed E-state index contributed by atoms with van der Waals surface area (Å²) in [5, 5.41) is 1.09. The van der Waals surface area contributed by atoms with E-state index >= 15 is 0 Å². The van der Waals surface area contributed by atoms with Gasteiger partial charge in [-0.05, 0) is 29.7 Å². The predicted octanol–water partition coefficient (Wildman–Crippen LogP) is 3.95. The van der Waals surface area contributed by atoms with Gasteiger partial charge in [-0.3, -0.25) is 0 Å². The summed E-state index contributed by atoms with van der Waals surface area (Å²) in [6.07, 6.45) is 9.59. The number of nitrogens with zero attached hydrogens (tertiary/aromatic N) is 2. The fourth-order valence-corrected chi connectivity index (χ4v) is 2.81. The Morgan fingerprint density at radius 1 is 1.33 bits per heavy atom. The molecule has 0 spiro atoms.